The summed E-state index contributed by atoms with van der Waals surface area (Å²) >= 11 is 0. The largest absolute Gasteiger partial charge is 0.383 e. The third-order valence-corrected chi connectivity index (χ3v) is 3.81. The molecule has 3 atom stereocenters. The van der Waals surface area contributed by atoms with E-state index in [-0.39, 0.29) is 11.9 Å². The van der Waals surface area contributed by atoms with Crippen LogP contribution in [0.25, 0.3) is 0 Å². The normalized spacial score (nSPS) is 18.1. The number of primary amides is 1. The smallest absolute Gasteiger partial charge is 0.237 e. The van der Waals surface area contributed by atoms with Gasteiger partial charge in [0, 0.05) is 19.2 Å². The van der Waals surface area contributed by atoms with Crippen molar-refractivity contribution in [3.8, 4) is 0 Å². The summed E-state index contributed by atoms with van der Waals surface area (Å²) in [6, 6.07) is 0.551. The third kappa shape index (κ3) is 5.89. The Morgan fingerprint density at radius 1 is 1.42 bits per heavy atom. The minimum absolute atomic E-state index is 0.243. The van der Waals surface area contributed by atoms with Gasteiger partial charge < -0.3 is 15.8 Å². The Morgan fingerprint density at radius 3 is 2.42 bits per heavy atom. The second-order valence-corrected chi connectivity index (χ2v) is 5.65. The van der Waals surface area contributed by atoms with E-state index in [0.717, 1.165) is 13.0 Å². The zero-order valence-corrected chi connectivity index (χ0v) is 13.3. The van der Waals surface area contributed by atoms with E-state index in [0.29, 0.717) is 19.1 Å². The van der Waals surface area contributed by atoms with Crippen molar-refractivity contribution >= 4 is 5.91 Å². The monoisotopic (exact) mass is 273 g/mol. The molecule has 114 valence electrons. The van der Waals surface area contributed by atoms with Gasteiger partial charge in [-0.25, -0.2) is 0 Å². The molecule has 0 aliphatic carbocycles. The molecule has 1 amide bonds. The number of likely N-dealkylation sites (N-methyl/N-ethyl adjacent to an activating group) is 1. The summed E-state index contributed by atoms with van der Waals surface area (Å²) in [5, 5.41) is 3.27. The van der Waals surface area contributed by atoms with Crippen LogP contribution in [-0.4, -0.2) is 55.7 Å². The number of carbonyl (C=O) groups is 1. The van der Waals surface area contributed by atoms with E-state index in [2.05, 4.69) is 38.0 Å². The highest BCUT2D eigenvalue weighted by molar-refractivity contribution is 5.84. The van der Waals surface area contributed by atoms with Crippen molar-refractivity contribution in [2.45, 2.75) is 58.2 Å². The first-order valence-electron chi connectivity index (χ1n) is 7.04. The molecule has 0 saturated heterocycles. The topological polar surface area (TPSA) is 67.6 Å². The lowest BCUT2D eigenvalue weighted by molar-refractivity contribution is -0.124. The van der Waals surface area contributed by atoms with E-state index < -0.39 is 5.54 Å². The first kappa shape index (κ1) is 18.4. The van der Waals surface area contributed by atoms with Gasteiger partial charge in [-0.2, -0.15) is 0 Å². The molecule has 0 aliphatic heterocycles. The van der Waals surface area contributed by atoms with E-state index in [1.54, 1.807) is 7.11 Å². The van der Waals surface area contributed by atoms with Crippen molar-refractivity contribution < 1.29 is 9.53 Å². The maximum Gasteiger partial charge on any atom is 0.237 e. The second-order valence-electron chi connectivity index (χ2n) is 5.65. The Hall–Kier alpha value is -0.650. The van der Waals surface area contributed by atoms with E-state index in [1.165, 1.54) is 0 Å². The van der Waals surface area contributed by atoms with Crippen LogP contribution in [0, 0.1) is 0 Å². The SMILES string of the molecule is CCCNC(C)(CC(C)N(C)C(C)COC)C(N)=O. The number of nitrogens with zero attached hydrogens (tertiary/aromatic N) is 1. The fraction of sp³-hybridized carbons (Fsp3) is 0.929. The van der Waals surface area contributed by atoms with Crippen LogP contribution in [0.5, 0.6) is 0 Å². The Morgan fingerprint density at radius 2 is 2.00 bits per heavy atom. The van der Waals surface area contributed by atoms with Crippen LogP contribution < -0.4 is 11.1 Å². The van der Waals surface area contributed by atoms with Gasteiger partial charge in [0.25, 0.3) is 0 Å². The van der Waals surface area contributed by atoms with Gasteiger partial charge in [-0.1, -0.05) is 6.92 Å². The zero-order valence-electron chi connectivity index (χ0n) is 13.3. The van der Waals surface area contributed by atoms with Crippen LogP contribution in [0.1, 0.15) is 40.5 Å². The van der Waals surface area contributed by atoms with Gasteiger partial charge in [-0.15, -0.1) is 0 Å². The van der Waals surface area contributed by atoms with Crippen LogP contribution >= 0.6 is 0 Å². The van der Waals surface area contributed by atoms with E-state index in [1.807, 2.05) is 6.92 Å². The standard InChI is InChI=1S/C14H31N3O2/c1-7-8-16-14(4,13(15)18)9-11(2)17(5)12(3)10-19-6/h11-12,16H,7-10H2,1-6H3,(H2,15,18). The Bertz CT molecular complexity index is 273. The summed E-state index contributed by atoms with van der Waals surface area (Å²) in [5.74, 6) is -0.291. The fourth-order valence-corrected chi connectivity index (χ4v) is 2.19. The maximum absolute atomic E-state index is 11.7. The van der Waals surface area contributed by atoms with Gasteiger partial charge in [0.15, 0.2) is 0 Å². The molecule has 0 rings (SSSR count). The molecule has 0 aromatic carbocycles. The molecule has 0 spiro atoms. The molecule has 19 heavy (non-hydrogen) atoms. The number of amides is 1. The van der Waals surface area contributed by atoms with Gasteiger partial charge in [0.2, 0.25) is 5.91 Å². The van der Waals surface area contributed by atoms with Gasteiger partial charge >= 0.3 is 0 Å². The highest BCUT2D eigenvalue weighted by atomic mass is 16.5. The molecule has 0 aliphatic rings. The number of hydrogen-bond donors (Lipinski definition) is 2. The van der Waals surface area contributed by atoms with Crippen LogP contribution in [0.3, 0.4) is 0 Å². The third-order valence-electron chi connectivity index (χ3n) is 3.81. The number of methoxy groups -OCH3 is 1. The van der Waals surface area contributed by atoms with Crippen molar-refractivity contribution in [2.24, 2.45) is 5.73 Å². The van der Waals surface area contributed by atoms with Gasteiger partial charge in [-0.3, -0.25) is 9.69 Å². The lowest BCUT2D eigenvalue weighted by Crippen LogP contribution is -2.57. The molecule has 0 bridgehead atoms. The van der Waals surface area contributed by atoms with Crippen molar-refractivity contribution in [1.29, 1.82) is 0 Å². The van der Waals surface area contributed by atoms with Crippen LogP contribution in [0.15, 0.2) is 0 Å². The van der Waals surface area contributed by atoms with E-state index >= 15 is 0 Å². The Balaban J connectivity index is 4.62. The van der Waals surface area contributed by atoms with Gasteiger partial charge in [0.05, 0.1) is 12.1 Å². The summed E-state index contributed by atoms with van der Waals surface area (Å²) < 4.78 is 5.17. The molecular weight excluding hydrogens is 242 g/mol. The van der Waals surface area contributed by atoms with Crippen molar-refractivity contribution in [3.63, 3.8) is 0 Å². The zero-order chi connectivity index (χ0) is 15.1. The molecular formula is C14H31N3O2. The number of nitrogens with two attached hydrogens (primary N) is 1. The first-order valence-corrected chi connectivity index (χ1v) is 7.04. The minimum Gasteiger partial charge on any atom is -0.383 e. The quantitative estimate of drug-likeness (QED) is 0.622. The van der Waals surface area contributed by atoms with Crippen molar-refractivity contribution in [2.75, 3.05) is 27.3 Å². The molecule has 0 fully saturated rings. The average molecular weight is 273 g/mol. The number of nitrogens with one attached hydrogen (secondary N) is 1. The Labute approximate surface area is 117 Å². The summed E-state index contributed by atoms with van der Waals surface area (Å²) in [6.07, 6.45) is 1.67. The molecule has 5 nitrogen and oxygen atoms in total. The molecule has 5 heteroatoms. The lowest BCUT2D eigenvalue weighted by Gasteiger charge is -2.36. The molecule has 3 unspecified atom stereocenters. The Kier molecular flexibility index (Phi) is 8.22. The maximum atomic E-state index is 11.7. The summed E-state index contributed by atoms with van der Waals surface area (Å²) in [5.41, 5.74) is 4.89. The molecule has 0 aromatic heterocycles. The summed E-state index contributed by atoms with van der Waals surface area (Å²) in [7, 11) is 3.75. The van der Waals surface area contributed by atoms with Crippen LogP contribution in [0.2, 0.25) is 0 Å². The predicted molar refractivity (Wildman–Crippen MR) is 79.1 cm³/mol. The fourth-order valence-electron chi connectivity index (χ4n) is 2.19. The molecule has 0 aromatic rings. The first-order chi connectivity index (χ1) is 8.78. The number of carbonyl (C=O) groups excluding carboxylic acids is 1. The minimum atomic E-state index is -0.656. The molecule has 3 N–H and O–H groups in total. The molecule has 0 heterocycles. The van der Waals surface area contributed by atoms with Gasteiger partial charge in [0.1, 0.15) is 0 Å². The number of hydrogen-bond acceptors (Lipinski definition) is 4. The summed E-state index contributed by atoms with van der Waals surface area (Å²) in [6.45, 7) is 9.66. The summed E-state index contributed by atoms with van der Waals surface area (Å²) in [4.78, 5) is 13.9. The highest BCUT2D eigenvalue weighted by Gasteiger charge is 2.33. The number of ether oxygens (including phenoxy) is 1. The van der Waals surface area contributed by atoms with Crippen LogP contribution in [-0.2, 0) is 9.53 Å². The number of rotatable bonds is 10. The van der Waals surface area contributed by atoms with Crippen LogP contribution in [0.4, 0.5) is 0 Å². The van der Waals surface area contributed by atoms with E-state index in [4.69, 9.17) is 10.5 Å². The van der Waals surface area contributed by atoms with E-state index in [9.17, 15) is 4.79 Å². The lowest BCUT2D eigenvalue weighted by atomic mass is 9.91. The van der Waals surface area contributed by atoms with Crippen molar-refractivity contribution in [3.05, 3.63) is 0 Å². The molecule has 0 radical (unpaired) electrons. The molecule has 0 saturated carbocycles. The second kappa shape index (κ2) is 8.51. The predicted octanol–water partition coefficient (Wildman–Crippen LogP) is 0.975. The van der Waals surface area contributed by atoms with Crippen molar-refractivity contribution in [1.82, 2.24) is 10.2 Å². The average Bonchev–Trinajstić information content (AvgIpc) is 2.35. The highest BCUT2D eigenvalue weighted by Crippen LogP contribution is 2.17. The van der Waals surface area contributed by atoms with Gasteiger partial charge in [-0.05, 0) is 47.2 Å².